The molecule has 29 heavy (non-hydrogen) atoms. The second-order valence-corrected chi connectivity index (χ2v) is 9.65. The lowest BCUT2D eigenvalue weighted by Crippen LogP contribution is -2.33. The molecule has 1 atom stereocenters. The van der Waals surface area contributed by atoms with E-state index in [1.807, 2.05) is 0 Å². The van der Waals surface area contributed by atoms with Gasteiger partial charge in [0.05, 0.1) is 23.3 Å². The first-order chi connectivity index (χ1) is 13.9. The van der Waals surface area contributed by atoms with Crippen LogP contribution in [0.3, 0.4) is 0 Å². The van der Waals surface area contributed by atoms with Gasteiger partial charge in [-0.05, 0) is 37.1 Å². The Morgan fingerprint density at radius 1 is 1.45 bits per heavy atom. The van der Waals surface area contributed by atoms with Crippen LogP contribution in [0.2, 0.25) is 5.02 Å². The molecule has 9 heteroatoms. The van der Waals surface area contributed by atoms with Crippen molar-refractivity contribution in [2.24, 2.45) is 0 Å². The number of thiophene rings is 1. The number of nitrogens with one attached hydrogen (secondary N) is 1. The molecule has 6 nitrogen and oxygen atoms in total. The summed E-state index contributed by atoms with van der Waals surface area (Å²) in [7, 11) is 0. The molecule has 0 radical (unpaired) electrons. The van der Waals surface area contributed by atoms with Gasteiger partial charge in [0, 0.05) is 22.0 Å². The number of aromatic nitrogens is 2. The quantitative estimate of drug-likeness (QED) is 0.426. The molecule has 0 aliphatic carbocycles. The van der Waals surface area contributed by atoms with Crippen LogP contribution >= 0.6 is 34.7 Å². The third kappa shape index (κ3) is 4.35. The van der Waals surface area contributed by atoms with E-state index in [2.05, 4.69) is 29.1 Å². The minimum atomic E-state index is -0.181. The number of hydrogen-bond acceptors (Lipinski definition) is 7. The van der Waals surface area contributed by atoms with Gasteiger partial charge in [-0.3, -0.25) is 4.79 Å². The summed E-state index contributed by atoms with van der Waals surface area (Å²) in [6.07, 6.45) is 1.74. The number of hydrogen-bond donors (Lipinski definition) is 2. The number of nitrogens with two attached hydrogens (primary N) is 1. The maximum Gasteiger partial charge on any atom is 0.234 e. The van der Waals surface area contributed by atoms with Crippen molar-refractivity contribution in [3.8, 4) is 0 Å². The summed E-state index contributed by atoms with van der Waals surface area (Å²) < 4.78 is 6.04. The van der Waals surface area contributed by atoms with Gasteiger partial charge in [0.2, 0.25) is 5.91 Å². The van der Waals surface area contributed by atoms with Crippen LogP contribution in [0.1, 0.15) is 30.7 Å². The Morgan fingerprint density at radius 2 is 2.28 bits per heavy atom. The van der Waals surface area contributed by atoms with Crippen LogP contribution in [0, 0.1) is 0 Å². The zero-order valence-corrected chi connectivity index (χ0v) is 18.5. The van der Waals surface area contributed by atoms with Crippen molar-refractivity contribution in [1.82, 2.24) is 9.97 Å². The number of nitrogens with zero attached hydrogens (tertiary/aromatic N) is 2. The van der Waals surface area contributed by atoms with Crippen LogP contribution in [0.4, 0.5) is 11.5 Å². The molecular weight excluding hydrogens is 428 g/mol. The molecule has 0 spiro atoms. The van der Waals surface area contributed by atoms with Crippen molar-refractivity contribution in [2.75, 3.05) is 16.8 Å². The molecule has 0 saturated heterocycles. The summed E-state index contributed by atoms with van der Waals surface area (Å²) in [6.45, 7) is 4.83. The molecule has 0 bridgehead atoms. The molecule has 1 aliphatic rings. The first-order valence-corrected chi connectivity index (χ1v) is 11.4. The normalized spacial score (nSPS) is 18.6. The highest BCUT2D eigenvalue weighted by Gasteiger charge is 2.33. The number of fused-ring (bicyclic) bond motifs is 3. The van der Waals surface area contributed by atoms with Crippen LogP contribution < -0.4 is 11.1 Å². The fraction of sp³-hybridized carbons (Fsp3) is 0.350. The number of benzene rings is 1. The Bertz CT molecular complexity index is 1090. The topological polar surface area (TPSA) is 90.1 Å². The molecule has 3 heterocycles. The van der Waals surface area contributed by atoms with Crippen molar-refractivity contribution in [1.29, 1.82) is 0 Å². The van der Waals surface area contributed by atoms with Gasteiger partial charge in [-0.15, -0.1) is 11.3 Å². The number of thioether (sulfide) groups is 1. The predicted molar refractivity (Wildman–Crippen MR) is 120 cm³/mol. The van der Waals surface area contributed by atoms with E-state index in [9.17, 15) is 4.79 Å². The highest BCUT2D eigenvalue weighted by atomic mass is 35.5. The maximum absolute atomic E-state index is 12.2. The summed E-state index contributed by atoms with van der Waals surface area (Å²) in [4.78, 5) is 23.3. The summed E-state index contributed by atoms with van der Waals surface area (Å²) >= 11 is 8.80. The Hall–Kier alpha value is -1.87. The number of nitrogen functional groups attached to an aromatic ring is 1. The first kappa shape index (κ1) is 20.4. The largest absolute Gasteiger partial charge is 0.383 e. The third-order valence-corrected chi connectivity index (χ3v) is 7.21. The SMILES string of the molecule is CC[C@@]1(C)Cc2c(sc3nc(SCC(=O)Nc4cccc(Cl)c4)nc(N)c23)CO1. The summed E-state index contributed by atoms with van der Waals surface area (Å²) in [5.41, 5.74) is 7.97. The van der Waals surface area contributed by atoms with E-state index in [-0.39, 0.29) is 17.3 Å². The standard InChI is InChI=1S/C20H21ClN4O2S2/c1-3-20(2)8-13-14(9-27-20)29-18-16(13)17(22)24-19(25-18)28-10-15(26)23-12-6-4-5-11(21)7-12/h4-7H,3,8-10H2,1-2H3,(H,23,26)(H2,22,24,25)/t20-/m0/s1. The van der Waals surface area contributed by atoms with E-state index >= 15 is 0 Å². The van der Waals surface area contributed by atoms with Gasteiger partial charge < -0.3 is 15.8 Å². The highest BCUT2D eigenvalue weighted by Crippen LogP contribution is 2.41. The number of amides is 1. The smallest absolute Gasteiger partial charge is 0.234 e. The van der Waals surface area contributed by atoms with Gasteiger partial charge in [0.1, 0.15) is 10.6 Å². The van der Waals surface area contributed by atoms with E-state index in [1.54, 1.807) is 35.6 Å². The number of rotatable bonds is 5. The van der Waals surface area contributed by atoms with E-state index in [4.69, 9.17) is 22.1 Å². The molecule has 4 rings (SSSR count). The maximum atomic E-state index is 12.2. The summed E-state index contributed by atoms with van der Waals surface area (Å²) in [5.74, 6) is 0.488. The average Bonchev–Trinajstić information content (AvgIpc) is 3.04. The molecule has 3 aromatic rings. The highest BCUT2D eigenvalue weighted by molar-refractivity contribution is 7.99. The molecule has 0 saturated carbocycles. The molecule has 1 amide bonds. The average molecular weight is 449 g/mol. The first-order valence-electron chi connectivity index (χ1n) is 9.27. The van der Waals surface area contributed by atoms with Crippen LogP contribution in [0.25, 0.3) is 10.2 Å². The number of anilines is 2. The van der Waals surface area contributed by atoms with E-state index in [0.717, 1.165) is 27.9 Å². The Morgan fingerprint density at radius 3 is 3.03 bits per heavy atom. The van der Waals surface area contributed by atoms with Crippen molar-refractivity contribution >= 4 is 62.3 Å². The molecule has 2 aromatic heterocycles. The van der Waals surface area contributed by atoms with Crippen LogP contribution in [0.5, 0.6) is 0 Å². The van der Waals surface area contributed by atoms with Gasteiger partial charge >= 0.3 is 0 Å². The number of ether oxygens (including phenoxy) is 1. The molecule has 1 aromatic carbocycles. The minimum absolute atomic E-state index is 0.155. The molecule has 0 unspecified atom stereocenters. The Kier molecular flexibility index (Phi) is 5.70. The summed E-state index contributed by atoms with van der Waals surface area (Å²) in [6, 6.07) is 7.03. The van der Waals surface area contributed by atoms with Crippen LogP contribution in [-0.2, 0) is 22.6 Å². The van der Waals surface area contributed by atoms with E-state index in [0.29, 0.717) is 28.3 Å². The lowest BCUT2D eigenvalue weighted by Gasteiger charge is -2.33. The summed E-state index contributed by atoms with van der Waals surface area (Å²) in [5, 5.41) is 4.81. The third-order valence-electron chi connectivity index (χ3n) is 5.03. The van der Waals surface area contributed by atoms with Crippen molar-refractivity contribution in [3.05, 3.63) is 39.7 Å². The van der Waals surface area contributed by atoms with Gasteiger partial charge in [-0.25, -0.2) is 9.97 Å². The van der Waals surface area contributed by atoms with Gasteiger partial charge in [-0.1, -0.05) is 36.4 Å². The van der Waals surface area contributed by atoms with E-state index < -0.39 is 0 Å². The second kappa shape index (κ2) is 8.10. The van der Waals surface area contributed by atoms with Crippen molar-refractivity contribution in [2.45, 2.75) is 44.1 Å². The molecule has 3 N–H and O–H groups in total. The molecule has 152 valence electrons. The molecular formula is C20H21ClN4O2S2. The zero-order chi connectivity index (χ0) is 20.6. The monoisotopic (exact) mass is 448 g/mol. The van der Waals surface area contributed by atoms with Crippen LogP contribution in [0.15, 0.2) is 29.4 Å². The van der Waals surface area contributed by atoms with E-state index in [1.165, 1.54) is 17.3 Å². The predicted octanol–water partition coefficient (Wildman–Crippen LogP) is 4.90. The fourth-order valence-electron chi connectivity index (χ4n) is 3.26. The van der Waals surface area contributed by atoms with Gasteiger partial charge in [-0.2, -0.15) is 0 Å². The minimum Gasteiger partial charge on any atom is -0.383 e. The number of halogens is 1. The second-order valence-electron chi connectivity index (χ2n) is 7.19. The van der Waals surface area contributed by atoms with Gasteiger partial charge in [0.25, 0.3) is 0 Å². The lowest BCUT2D eigenvalue weighted by molar-refractivity contribution is -0.113. The number of carbonyl (C=O) groups excluding carboxylic acids is 1. The number of carbonyl (C=O) groups is 1. The fourth-order valence-corrected chi connectivity index (χ4v) is 5.27. The van der Waals surface area contributed by atoms with Crippen LogP contribution in [-0.4, -0.2) is 27.2 Å². The Balaban J connectivity index is 1.50. The Labute approximate surface area is 182 Å². The molecule has 0 fully saturated rings. The van der Waals surface area contributed by atoms with Gasteiger partial charge in [0.15, 0.2) is 5.16 Å². The van der Waals surface area contributed by atoms with Crippen molar-refractivity contribution < 1.29 is 9.53 Å². The zero-order valence-electron chi connectivity index (χ0n) is 16.1. The van der Waals surface area contributed by atoms with Crippen molar-refractivity contribution in [3.63, 3.8) is 0 Å². The lowest BCUT2D eigenvalue weighted by atomic mass is 9.90. The molecule has 1 aliphatic heterocycles.